The van der Waals surface area contributed by atoms with Crippen molar-refractivity contribution in [3.05, 3.63) is 138 Å². The van der Waals surface area contributed by atoms with Crippen molar-refractivity contribution in [2.45, 2.75) is 32.4 Å². The second-order valence-corrected chi connectivity index (χ2v) is 21.5. The van der Waals surface area contributed by atoms with Gasteiger partial charge in [-0.2, -0.15) is 0 Å². The van der Waals surface area contributed by atoms with Gasteiger partial charge in [0.25, 0.3) is 0 Å². The third-order valence-corrected chi connectivity index (χ3v) is 11.6. The van der Waals surface area contributed by atoms with E-state index in [2.05, 4.69) is 123 Å². The van der Waals surface area contributed by atoms with Gasteiger partial charge < -0.3 is 24.8 Å². The minimum atomic E-state index is -0.676. The first-order chi connectivity index (χ1) is 16.0. The fourth-order valence-electron chi connectivity index (χ4n) is 3.56. The first-order valence-corrected chi connectivity index (χ1v) is 21.9. The van der Waals surface area contributed by atoms with Crippen molar-refractivity contribution in [2.75, 3.05) is 0 Å². The van der Waals surface area contributed by atoms with Gasteiger partial charge in [0.1, 0.15) is 0 Å². The Labute approximate surface area is 240 Å². The summed E-state index contributed by atoms with van der Waals surface area (Å²) >= 11 is 1.76. The molecule has 0 heterocycles. The average molecular weight is 637 g/mol. The van der Waals surface area contributed by atoms with Gasteiger partial charge in [-0.25, -0.2) is 23.3 Å². The number of halogens is 2. The van der Waals surface area contributed by atoms with Crippen LogP contribution in [0.2, 0.25) is 5.76 Å². The maximum absolute atomic E-state index is 3.29. The van der Waals surface area contributed by atoms with Crippen LogP contribution < -0.4 is 29.2 Å². The fraction of sp³-hybridized carbons (Fsp3) is 0.161. The van der Waals surface area contributed by atoms with E-state index in [-0.39, 0.29) is 24.8 Å². The molecule has 0 fully saturated rings. The smallest absolute Gasteiger partial charge is 1.00 e. The summed E-state index contributed by atoms with van der Waals surface area (Å²) in [5.41, 5.74) is 7.92. The average Bonchev–Trinajstić information content (AvgIpc) is 3.50. The van der Waals surface area contributed by atoms with Crippen molar-refractivity contribution < 1.29 is 46.4 Å². The SMILES string of the molecule is CC1=[C-]CC(c2ccccc2)=C1.CC1=[C-]CC(c2ccccc2)=C1.[CH3][Ge](=[Zr+2])[c]1ccccc1.[Cl-].[Cl-]. The predicted molar refractivity (Wildman–Crippen MR) is 141 cm³/mol. The largest absolute Gasteiger partial charge is 1.00 e. The van der Waals surface area contributed by atoms with E-state index in [1.165, 1.54) is 33.4 Å². The number of allylic oxidation sites excluding steroid dienone is 8. The molecule has 3 aromatic carbocycles. The molecular weight excluding hydrogens is 607 g/mol. The van der Waals surface area contributed by atoms with Crippen molar-refractivity contribution in [1.82, 2.24) is 0 Å². The maximum atomic E-state index is 3.29. The van der Waals surface area contributed by atoms with Gasteiger partial charge in [0, 0.05) is 0 Å². The van der Waals surface area contributed by atoms with E-state index in [1.54, 1.807) is 26.0 Å². The van der Waals surface area contributed by atoms with Crippen LogP contribution in [0.15, 0.2) is 114 Å². The summed E-state index contributed by atoms with van der Waals surface area (Å²) in [6.07, 6.45) is 12.9. The normalized spacial score (nSPS) is 13.2. The monoisotopic (exact) mass is 636 g/mol. The summed E-state index contributed by atoms with van der Waals surface area (Å²) < 4.78 is 1.62. The molecule has 35 heavy (non-hydrogen) atoms. The number of rotatable bonds is 3. The molecule has 0 radical (unpaired) electrons. The Bertz CT molecular complexity index is 1110. The van der Waals surface area contributed by atoms with Gasteiger partial charge in [-0.15, -0.1) is 24.0 Å². The fourth-order valence-corrected chi connectivity index (χ4v) is 7.14. The van der Waals surface area contributed by atoms with Crippen LogP contribution in [0.4, 0.5) is 0 Å². The summed E-state index contributed by atoms with van der Waals surface area (Å²) in [5.74, 6) is 2.41. The van der Waals surface area contributed by atoms with Crippen LogP contribution >= 0.6 is 0 Å². The first kappa shape index (κ1) is 31.7. The number of hydrogen-bond acceptors (Lipinski definition) is 0. The van der Waals surface area contributed by atoms with Crippen molar-refractivity contribution >= 4 is 25.5 Å². The molecule has 178 valence electrons. The van der Waals surface area contributed by atoms with Gasteiger partial charge in [0.2, 0.25) is 0 Å². The summed E-state index contributed by atoms with van der Waals surface area (Å²) in [4.78, 5) is 0. The van der Waals surface area contributed by atoms with Gasteiger partial charge in [-0.1, -0.05) is 74.5 Å². The predicted octanol–water partition coefficient (Wildman–Crippen LogP) is 1.52. The van der Waals surface area contributed by atoms with E-state index in [0.29, 0.717) is 0 Å². The van der Waals surface area contributed by atoms with E-state index >= 15 is 0 Å². The Morgan fingerprint density at radius 2 is 0.943 bits per heavy atom. The quantitative estimate of drug-likeness (QED) is 0.302. The van der Waals surface area contributed by atoms with E-state index < -0.39 is 9.98 Å². The topological polar surface area (TPSA) is 0 Å². The van der Waals surface area contributed by atoms with E-state index in [4.69, 9.17) is 0 Å². The molecule has 0 unspecified atom stereocenters. The Morgan fingerprint density at radius 3 is 1.20 bits per heavy atom. The third-order valence-electron chi connectivity index (χ3n) is 5.39. The van der Waals surface area contributed by atoms with Gasteiger partial charge in [-0.05, 0) is 11.1 Å². The number of hydrogen-bond donors (Lipinski definition) is 0. The number of benzene rings is 3. The molecule has 5 rings (SSSR count). The Balaban J connectivity index is 0.000000258. The van der Waals surface area contributed by atoms with E-state index in [1.807, 2.05) is 12.1 Å². The van der Waals surface area contributed by atoms with Crippen LogP contribution in [-0.2, 0) is 21.6 Å². The Kier molecular flexibility index (Phi) is 15.5. The van der Waals surface area contributed by atoms with E-state index in [9.17, 15) is 0 Å². The molecule has 0 aromatic heterocycles. The first-order valence-electron chi connectivity index (χ1n) is 11.3. The summed E-state index contributed by atoms with van der Waals surface area (Å²) in [7, 11) is -0.676. The third kappa shape index (κ3) is 11.0. The zero-order valence-electron chi connectivity index (χ0n) is 20.5. The van der Waals surface area contributed by atoms with Crippen LogP contribution in [0.5, 0.6) is 0 Å². The molecule has 0 atom stereocenters. The van der Waals surface area contributed by atoms with Crippen molar-refractivity contribution in [3.8, 4) is 0 Å². The maximum Gasteiger partial charge on any atom is -1.00 e. The van der Waals surface area contributed by atoms with Crippen LogP contribution in [-0.4, -0.2) is 9.98 Å². The molecule has 2 aliphatic carbocycles. The summed E-state index contributed by atoms with van der Waals surface area (Å²) in [6.45, 7) is 4.19. The Morgan fingerprint density at radius 1 is 0.600 bits per heavy atom. The molecule has 4 heteroatoms. The molecule has 0 aliphatic heterocycles. The van der Waals surface area contributed by atoms with E-state index in [0.717, 1.165) is 12.8 Å². The van der Waals surface area contributed by atoms with Crippen molar-refractivity contribution in [3.63, 3.8) is 0 Å². The van der Waals surface area contributed by atoms with Gasteiger partial charge in [0.15, 0.2) is 0 Å². The summed E-state index contributed by atoms with van der Waals surface area (Å²) in [6, 6.07) is 31.8. The molecule has 0 saturated heterocycles. The second kappa shape index (κ2) is 17.1. The van der Waals surface area contributed by atoms with Gasteiger partial charge in [-0.3, -0.25) is 12.2 Å². The molecule has 0 bridgehead atoms. The van der Waals surface area contributed by atoms with Crippen LogP contribution in [0.1, 0.15) is 37.8 Å². The zero-order valence-corrected chi connectivity index (χ0v) is 26.6. The second-order valence-electron chi connectivity index (χ2n) is 8.14. The minimum Gasteiger partial charge on any atom is -1.00 e. The van der Waals surface area contributed by atoms with Crippen LogP contribution in [0, 0.1) is 12.2 Å². The molecule has 3 aromatic rings. The zero-order chi connectivity index (χ0) is 23.5. The molecule has 0 spiro atoms. The minimum absolute atomic E-state index is 0. The van der Waals surface area contributed by atoms with Crippen LogP contribution in [0.3, 0.4) is 0 Å². The molecule has 0 nitrogen and oxygen atoms in total. The van der Waals surface area contributed by atoms with Gasteiger partial charge >= 0.3 is 72.1 Å². The standard InChI is InChI=1S/2C12H11.C7H8Ge.2ClH.Zr/c2*1-10-7-8-12(9-10)11-5-3-2-4-6-11;1-8-7-5-3-2-4-6-7;;;/h2*2-6,9H,8H2,1H3;2-6H,1H3;2*1H;/q2*-1;;;;+2/p-2. The molecule has 2 aliphatic rings. The Hall–Kier alpha value is -1.37. The summed E-state index contributed by atoms with van der Waals surface area (Å²) in [5, 5.41) is 0. The molecule has 0 amide bonds. The molecular formula is C31H30Cl2GeZr-2. The van der Waals surface area contributed by atoms with Gasteiger partial charge in [0.05, 0.1) is 0 Å². The molecule has 0 N–H and O–H groups in total. The van der Waals surface area contributed by atoms with Crippen LogP contribution in [0.25, 0.3) is 11.1 Å². The van der Waals surface area contributed by atoms with Crippen molar-refractivity contribution in [2.24, 2.45) is 0 Å². The molecule has 0 saturated carbocycles. The van der Waals surface area contributed by atoms with Crippen molar-refractivity contribution in [1.29, 1.82) is 0 Å².